The quantitative estimate of drug-likeness (QED) is 0.110. The van der Waals surface area contributed by atoms with Crippen LogP contribution in [0.5, 0.6) is 5.75 Å². The number of piperidine rings is 2. The van der Waals surface area contributed by atoms with Crippen molar-refractivity contribution in [2.45, 2.75) is 37.8 Å². The van der Waals surface area contributed by atoms with Gasteiger partial charge in [0.2, 0.25) is 23.7 Å². The number of rotatable bonds is 12. The molecule has 0 radical (unpaired) electrons. The number of para-hydroxylation sites is 1. The third kappa shape index (κ3) is 9.61. The van der Waals surface area contributed by atoms with Crippen LogP contribution in [0.1, 0.15) is 46.4 Å². The van der Waals surface area contributed by atoms with E-state index in [4.69, 9.17) is 16.3 Å². The highest BCUT2D eigenvalue weighted by atomic mass is 35.5. The standard InChI is InChI=1S/C43H48ClN10O7P.ClH/c1-61-34-23-27(11-12-30(34)48-43-46-24-29(44)39(50-43)47-31-8-4-5-10-35(31)62(2,3)60)51-17-15-26(16-18-51)52-19-21-53(22-20-52)37(56)25-45-32-9-6-7-28-38(32)42(59)54(41(28)58)33-13-14-36(55)49-40(33)57;/h4-12,23-24,26,33,45H,13-22,25H2,1-3H3,(H,49,55,57)(H2,46,47,48,50);1H. The van der Waals surface area contributed by atoms with Crippen LogP contribution in [0.3, 0.4) is 0 Å². The van der Waals surface area contributed by atoms with Crippen LogP contribution in [0.25, 0.3) is 0 Å². The van der Waals surface area contributed by atoms with E-state index in [1.54, 1.807) is 32.6 Å². The maximum Gasteiger partial charge on any atom is 0.264 e. The summed E-state index contributed by atoms with van der Waals surface area (Å²) in [6, 6.07) is 17.5. The Morgan fingerprint density at radius 3 is 2.33 bits per heavy atom. The number of nitrogens with zero attached hydrogens (tertiary/aromatic N) is 6. The van der Waals surface area contributed by atoms with Gasteiger partial charge in [-0.05, 0) is 69.0 Å². The van der Waals surface area contributed by atoms with E-state index in [0.29, 0.717) is 64.0 Å². The first-order valence-corrected chi connectivity index (χ1v) is 23.5. The molecule has 5 heterocycles. The summed E-state index contributed by atoms with van der Waals surface area (Å²) in [4.78, 5) is 80.7. The topological polar surface area (TPSA) is 199 Å². The van der Waals surface area contributed by atoms with Crippen molar-refractivity contribution < 1.29 is 33.3 Å². The van der Waals surface area contributed by atoms with Gasteiger partial charge in [0.25, 0.3) is 11.8 Å². The Labute approximate surface area is 376 Å². The molecule has 3 aromatic carbocycles. The lowest BCUT2D eigenvalue weighted by Gasteiger charge is -2.43. The molecule has 63 heavy (non-hydrogen) atoms. The summed E-state index contributed by atoms with van der Waals surface area (Å²) in [5, 5.41) is 12.8. The second kappa shape index (κ2) is 18.9. The monoisotopic (exact) mass is 918 g/mol. The second-order valence-corrected chi connectivity index (χ2v) is 19.6. The van der Waals surface area contributed by atoms with Gasteiger partial charge in [0.15, 0.2) is 5.82 Å². The molecule has 1 unspecified atom stereocenters. The number of amides is 5. The minimum absolute atomic E-state index is 0. The number of ether oxygens (including phenoxy) is 1. The minimum Gasteiger partial charge on any atom is -0.494 e. The largest absolute Gasteiger partial charge is 0.494 e. The first-order valence-electron chi connectivity index (χ1n) is 20.5. The number of hydrogen-bond acceptors (Lipinski definition) is 14. The third-order valence-corrected chi connectivity index (χ3v) is 13.7. The zero-order valence-corrected chi connectivity index (χ0v) is 37.5. The summed E-state index contributed by atoms with van der Waals surface area (Å²) >= 11 is 6.47. The number of piperazine rings is 1. The molecular weight excluding hydrogens is 870 g/mol. The Morgan fingerprint density at radius 2 is 1.62 bits per heavy atom. The van der Waals surface area contributed by atoms with Crippen LogP contribution in [-0.4, -0.2) is 133 Å². The van der Waals surface area contributed by atoms with Crippen molar-refractivity contribution in [1.29, 1.82) is 0 Å². The van der Waals surface area contributed by atoms with Gasteiger partial charge in [0.05, 0.1) is 42.4 Å². The maximum atomic E-state index is 13.5. The van der Waals surface area contributed by atoms with E-state index in [2.05, 4.69) is 41.0 Å². The van der Waals surface area contributed by atoms with Gasteiger partial charge >= 0.3 is 0 Å². The van der Waals surface area contributed by atoms with E-state index < -0.39 is 36.8 Å². The summed E-state index contributed by atoms with van der Waals surface area (Å²) in [5.74, 6) is -1.13. The number of carbonyl (C=O) groups is 5. The number of aromatic nitrogens is 2. The van der Waals surface area contributed by atoms with Crippen molar-refractivity contribution in [3.05, 3.63) is 83.0 Å². The fourth-order valence-corrected chi connectivity index (χ4v) is 9.86. The van der Waals surface area contributed by atoms with Crippen molar-refractivity contribution in [3.63, 3.8) is 0 Å². The number of halogens is 2. The Morgan fingerprint density at radius 1 is 0.889 bits per heavy atom. The number of anilines is 6. The molecule has 20 heteroatoms. The van der Waals surface area contributed by atoms with Crippen molar-refractivity contribution in [2.24, 2.45) is 0 Å². The van der Waals surface area contributed by atoms with Gasteiger partial charge in [0, 0.05) is 74.5 Å². The van der Waals surface area contributed by atoms with Crippen molar-refractivity contribution in [1.82, 2.24) is 30.0 Å². The van der Waals surface area contributed by atoms with E-state index in [9.17, 15) is 28.5 Å². The number of hydrogen-bond donors (Lipinski definition) is 4. The number of benzene rings is 3. The normalized spacial score (nSPS) is 18.4. The number of nitrogens with one attached hydrogen (secondary N) is 4. The molecule has 5 amide bonds. The number of imide groups is 2. The van der Waals surface area contributed by atoms with Crippen LogP contribution >= 0.6 is 31.1 Å². The van der Waals surface area contributed by atoms with Crippen LogP contribution in [0.4, 0.5) is 34.5 Å². The van der Waals surface area contributed by atoms with E-state index in [-0.39, 0.29) is 48.8 Å². The van der Waals surface area contributed by atoms with Crippen LogP contribution in [0, 0.1) is 0 Å². The lowest BCUT2D eigenvalue weighted by atomic mass is 10.0. The summed E-state index contributed by atoms with van der Waals surface area (Å²) in [6.07, 6.45) is 3.53. The van der Waals surface area contributed by atoms with Crippen LogP contribution in [0.15, 0.2) is 66.9 Å². The molecule has 0 saturated carbocycles. The van der Waals surface area contributed by atoms with Crippen molar-refractivity contribution in [2.75, 3.05) is 87.1 Å². The molecule has 1 atom stereocenters. The molecule has 0 bridgehead atoms. The molecule has 4 aliphatic rings. The highest BCUT2D eigenvalue weighted by Crippen LogP contribution is 2.39. The molecular formula is C43H49Cl2N10O7P. The van der Waals surface area contributed by atoms with Gasteiger partial charge in [0.1, 0.15) is 24.0 Å². The first kappa shape index (κ1) is 45.3. The molecule has 4 N–H and O–H groups in total. The molecule has 17 nitrogen and oxygen atoms in total. The second-order valence-electron chi connectivity index (χ2n) is 16.1. The van der Waals surface area contributed by atoms with Crippen LogP contribution in [-0.2, 0) is 18.9 Å². The van der Waals surface area contributed by atoms with E-state index in [1.165, 1.54) is 12.3 Å². The highest BCUT2D eigenvalue weighted by molar-refractivity contribution is 7.70. The third-order valence-electron chi connectivity index (χ3n) is 11.8. The molecule has 0 spiro atoms. The lowest BCUT2D eigenvalue weighted by Crippen LogP contribution is -2.55. The summed E-state index contributed by atoms with van der Waals surface area (Å²) < 4.78 is 18.7. The predicted octanol–water partition coefficient (Wildman–Crippen LogP) is 4.92. The number of fused-ring (bicyclic) bond motifs is 1. The SMILES string of the molecule is COc1cc(N2CCC(N3CCN(C(=O)CNc4cccc5c4C(=O)N(C4CCC(=O)NC4=O)C5=O)CC3)CC2)ccc1Nc1ncc(Cl)c(Nc2ccccc2P(C)(C)=O)n1.Cl. The molecule has 0 aliphatic carbocycles. The first-order chi connectivity index (χ1) is 29.8. The number of methoxy groups -OCH3 is 1. The molecule has 3 saturated heterocycles. The maximum absolute atomic E-state index is 13.5. The Hall–Kier alpha value is -5.74. The smallest absolute Gasteiger partial charge is 0.264 e. The average Bonchev–Trinajstić information content (AvgIpc) is 3.52. The summed E-state index contributed by atoms with van der Waals surface area (Å²) in [6.45, 7) is 7.71. The Bertz CT molecular complexity index is 2490. The molecule has 3 fully saturated rings. The Kier molecular flexibility index (Phi) is 13.6. The van der Waals surface area contributed by atoms with Gasteiger partial charge in [-0.25, -0.2) is 4.98 Å². The van der Waals surface area contributed by atoms with E-state index >= 15 is 0 Å². The summed E-state index contributed by atoms with van der Waals surface area (Å²) in [7, 11) is -0.952. The molecule has 4 aromatic rings. The van der Waals surface area contributed by atoms with E-state index in [0.717, 1.165) is 49.6 Å². The average molecular weight is 920 g/mol. The van der Waals surface area contributed by atoms with Crippen LogP contribution < -0.4 is 36.2 Å². The van der Waals surface area contributed by atoms with Crippen molar-refractivity contribution in [3.8, 4) is 5.75 Å². The van der Waals surface area contributed by atoms with Gasteiger partial charge in [-0.15, -0.1) is 12.4 Å². The van der Waals surface area contributed by atoms with Crippen molar-refractivity contribution >= 4 is 101 Å². The fourth-order valence-electron chi connectivity index (χ4n) is 8.56. The van der Waals surface area contributed by atoms with Gasteiger partial charge < -0.3 is 35.1 Å². The van der Waals surface area contributed by atoms with Gasteiger partial charge in [-0.2, -0.15) is 4.98 Å². The zero-order chi connectivity index (χ0) is 43.7. The molecule has 4 aliphatic heterocycles. The van der Waals surface area contributed by atoms with Crippen LogP contribution in [0.2, 0.25) is 5.02 Å². The molecule has 8 rings (SSSR count). The number of carbonyl (C=O) groups excluding carboxylic acids is 5. The summed E-state index contributed by atoms with van der Waals surface area (Å²) in [5.41, 5.74) is 3.01. The highest BCUT2D eigenvalue weighted by Gasteiger charge is 2.45. The Balaban J connectivity index is 0.00000595. The minimum atomic E-state index is -2.57. The van der Waals surface area contributed by atoms with Gasteiger partial charge in [-0.1, -0.05) is 29.8 Å². The lowest BCUT2D eigenvalue weighted by molar-refractivity contribution is -0.136. The molecule has 332 valence electrons. The van der Waals surface area contributed by atoms with E-state index in [1.807, 2.05) is 47.4 Å². The predicted molar refractivity (Wildman–Crippen MR) is 244 cm³/mol. The molecule has 1 aromatic heterocycles. The van der Waals surface area contributed by atoms with Gasteiger partial charge in [-0.3, -0.25) is 39.1 Å². The fraction of sp³-hybridized carbons (Fsp3) is 0.372. The zero-order valence-electron chi connectivity index (χ0n) is 35.1.